The molecule has 1 heterocycles. The Kier molecular flexibility index (Phi) is 4.59. The number of nitrogens with one attached hydrogen (secondary N) is 1. The van der Waals surface area contributed by atoms with Crippen LogP contribution in [0.5, 0.6) is 11.5 Å². The first kappa shape index (κ1) is 14.4. The molecule has 0 saturated carbocycles. The Morgan fingerprint density at radius 1 is 1.00 bits per heavy atom. The summed E-state index contributed by atoms with van der Waals surface area (Å²) in [6.45, 7) is 1.64. The summed E-state index contributed by atoms with van der Waals surface area (Å²) >= 11 is 0. The molecule has 22 heavy (non-hydrogen) atoms. The minimum absolute atomic E-state index is 0.115. The highest BCUT2D eigenvalue weighted by Gasteiger charge is 2.19. The van der Waals surface area contributed by atoms with Gasteiger partial charge >= 0.3 is 0 Å². The van der Waals surface area contributed by atoms with Crippen molar-refractivity contribution in [3.05, 3.63) is 59.7 Å². The fourth-order valence-corrected chi connectivity index (χ4v) is 2.49. The van der Waals surface area contributed by atoms with E-state index in [9.17, 15) is 4.79 Å². The topological polar surface area (TPSA) is 47.6 Å². The summed E-state index contributed by atoms with van der Waals surface area (Å²) in [6, 6.07) is 15.7. The normalized spacial score (nSPS) is 12.7. The van der Waals surface area contributed by atoms with Gasteiger partial charge in [0.1, 0.15) is 13.2 Å². The Balaban J connectivity index is 1.54. The number of benzene rings is 2. The SMILES string of the molecule is O=C(NCCCc1ccccc1)c1cccc2c1OCCO2. The van der Waals surface area contributed by atoms with Crippen molar-refractivity contribution in [2.75, 3.05) is 19.8 Å². The monoisotopic (exact) mass is 297 g/mol. The maximum absolute atomic E-state index is 12.3. The molecule has 2 aromatic rings. The fourth-order valence-electron chi connectivity index (χ4n) is 2.49. The van der Waals surface area contributed by atoms with Gasteiger partial charge in [0, 0.05) is 6.54 Å². The Morgan fingerprint density at radius 2 is 1.82 bits per heavy atom. The van der Waals surface area contributed by atoms with Gasteiger partial charge in [0.05, 0.1) is 5.56 Å². The average molecular weight is 297 g/mol. The van der Waals surface area contributed by atoms with Crippen LogP contribution in [0.1, 0.15) is 22.3 Å². The quantitative estimate of drug-likeness (QED) is 0.863. The predicted molar refractivity (Wildman–Crippen MR) is 84.5 cm³/mol. The Labute approximate surface area is 130 Å². The van der Waals surface area contributed by atoms with E-state index in [0.29, 0.717) is 36.8 Å². The molecule has 1 aliphatic heterocycles. The van der Waals surface area contributed by atoms with Gasteiger partial charge in [0.2, 0.25) is 0 Å². The number of hydrogen-bond acceptors (Lipinski definition) is 3. The van der Waals surface area contributed by atoms with E-state index in [-0.39, 0.29) is 5.91 Å². The standard InChI is InChI=1S/C18H19NO3/c20-18(19-11-5-8-14-6-2-1-3-7-14)15-9-4-10-16-17(15)22-13-12-21-16/h1-4,6-7,9-10H,5,8,11-13H2,(H,19,20). The van der Waals surface area contributed by atoms with Crippen molar-refractivity contribution in [2.45, 2.75) is 12.8 Å². The van der Waals surface area contributed by atoms with Gasteiger partial charge in [-0.05, 0) is 30.5 Å². The van der Waals surface area contributed by atoms with Crippen molar-refractivity contribution in [2.24, 2.45) is 0 Å². The van der Waals surface area contributed by atoms with E-state index in [0.717, 1.165) is 12.8 Å². The summed E-state index contributed by atoms with van der Waals surface area (Å²) in [5.41, 5.74) is 1.82. The number of carbonyl (C=O) groups is 1. The van der Waals surface area contributed by atoms with Crippen LogP contribution >= 0.6 is 0 Å². The van der Waals surface area contributed by atoms with Crippen LogP contribution < -0.4 is 14.8 Å². The zero-order chi connectivity index (χ0) is 15.2. The molecule has 4 heteroatoms. The van der Waals surface area contributed by atoms with Crippen molar-refractivity contribution in [1.29, 1.82) is 0 Å². The molecule has 0 bridgehead atoms. The van der Waals surface area contributed by atoms with Gasteiger partial charge in [-0.1, -0.05) is 36.4 Å². The van der Waals surface area contributed by atoms with E-state index in [2.05, 4.69) is 17.4 Å². The lowest BCUT2D eigenvalue weighted by atomic mass is 10.1. The number of amides is 1. The second-order valence-electron chi connectivity index (χ2n) is 5.17. The van der Waals surface area contributed by atoms with Gasteiger partial charge in [0.25, 0.3) is 5.91 Å². The number of rotatable bonds is 5. The first-order valence-corrected chi connectivity index (χ1v) is 7.55. The number of hydrogen-bond donors (Lipinski definition) is 1. The lowest BCUT2D eigenvalue weighted by molar-refractivity contribution is 0.0942. The van der Waals surface area contributed by atoms with Crippen molar-refractivity contribution in [3.8, 4) is 11.5 Å². The summed E-state index contributed by atoms with van der Waals surface area (Å²) in [5.74, 6) is 1.08. The molecule has 0 aromatic heterocycles. The molecule has 0 aliphatic carbocycles. The summed E-state index contributed by atoms with van der Waals surface area (Å²) in [5, 5.41) is 2.94. The molecule has 114 valence electrons. The third-order valence-electron chi connectivity index (χ3n) is 3.58. The highest BCUT2D eigenvalue weighted by atomic mass is 16.6. The fraction of sp³-hybridized carbons (Fsp3) is 0.278. The maximum atomic E-state index is 12.3. The molecule has 0 fully saturated rings. The van der Waals surface area contributed by atoms with E-state index in [1.165, 1.54) is 5.56 Å². The molecule has 4 nitrogen and oxygen atoms in total. The van der Waals surface area contributed by atoms with Crippen molar-refractivity contribution >= 4 is 5.91 Å². The Morgan fingerprint density at radius 3 is 2.68 bits per heavy atom. The zero-order valence-electron chi connectivity index (χ0n) is 12.4. The number of ether oxygens (including phenoxy) is 2. The van der Waals surface area contributed by atoms with Crippen LogP contribution in [-0.2, 0) is 6.42 Å². The summed E-state index contributed by atoms with van der Waals surface area (Å²) in [7, 11) is 0. The van der Waals surface area contributed by atoms with Gasteiger partial charge in [-0.3, -0.25) is 4.79 Å². The molecule has 2 aromatic carbocycles. The van der Waals surface area contributed by atoms with E-state index in [1.54, 1.807) is 6.07 Å². The van der Waals surface area contributed by atoms with Gasteiger partial charge in [0.15, 0.2) is 11.5 Å². The van der Waals surface area contributed by atoms with Crippen molar-refractivity contribution in [3.63, 3.8) is 0 Å². The molecule has 1 aliphatic rings. The number of para-hydroxylation sites is 1. The minimum Gasteiger partial charge on any atom is -0.486 e. The second-order valence-corrected chi connectivity index (χ2v) is 5.17. The van der Waals surface area contributed by atoms with Crippen LogP contribution in [0.25, 0.3) is 0 Å². The molecule has 1 amide bonds. The number of carbonyl (C=O) groups excluding carboxylic acids is 1. The van der Waals surface area contributed by atoms with Crippen LogP contribution in [0, 0.1) is 0 Å². The summed E-state index contributed by atoms with van der Waals surface area (Å²) < 4.78 is 11.1. The van der Waals surface area contributed by atoms with E-state index in [1.807, 2.05) is 30.3 Å². The summed E-state index contributed by atoms with van der Waals surface area (Å²) in [6.07, 6.45) is 1.86. The lowest BCUT2D eigenvalue weighted by Gasteiger charge is -2.20. The molecule has 1 N–H and O–H groups in total. The molecule has 0 atom stereocenters. The van der Waals surface area contributed by atoms with Gasteiger partial charge in [-0.15, -0.1) is 0 Å². The first-order valence-electron chi connectivity index (χ1n) is 7.55. The van der Waals surface area contributed by atoms with Crippen LogP contribution in [0.4, 0.5) is 0 Å². The van der Waals surface area contributed by atoms with Gasteiger partial charge in [-0.25, -0.2) is 0 Å². The van der Waals surface area contributed by atoms with Crippen LogP contribution in [0.3, 0.4) is 0 Å². The molecular weight excluding hydrogens is 278 g/mol. The summed E-state index contributed by atoms with van der Waals surface area (Å²) in [4.78, 5) is 12.3. The van der Waals surface area contributed by atoms with Crippen molar-refractivity contribution in [1.82, 2.24) is 5.32 Å². The molecule has 3 rings (SSSR count). The average Bonchev–Trinajstić information content (AvgIpc) is 2.59. The zero-order valence-corrected chi connectivity index (χ0v) is 12.4. The first-order chi connectivity index (χ1) is 10.8. The largest absolute Gasteiger partial charge is 0.486 e. The van der Waals surface area contributed by atoms with E-state index in [4.69, 9.17) is 9.47 Å². The van der Waals surface area contributed by atoms with Crippen LogP contribution in [0.2, 0.25) is 0 Å². The molecule has 0 spiro atoms. The van der Waals surface area contributed by atoms with Gasteiger partial charge in [-0.2, -0.15) is 0 Å². The van der Waals surface area contributed by atoms with Crippen molar-refractivity contribution < 1.29 is 14.3 Å². The lowest BCUT2D eigenvalue weighted by Crippen LogP contribution is -2.26. The van der Waals surface area contributed by atoms with E-state index < -0.39 is 0 Å². The third-order valence-corrected chi connectivity index (χ3v) is 3.58. The maximum Gasteiger partial charge on any atom is 0.255 e. The third kappa shape index (κ3) is 3.39. The van der Waals surface area contributed by atoms with Crippen LogP contribution in [-0.4, -0.2) is 25.7 Å². The second kappa shape index (κ2) is 6.98. The minimum atomic E-state index is -0.115. The van der Waals surface area contributed by atoms with Gasteiger partial charge < -0.3 is 14.8 Å². The number of aryl methyl sites for hydroxylation is 1. The smallest absolute Gasteiger partial charge is 0.255 e. The molecule has 0 radical (unpaired) electrons. The predicted octanol–water partition coefficient (Wildman–Crippen LogP) is 2.82. The number of fused-ring (bicyclic) bond motifs is 1. The van der Waals surface area contributed by atoms with E-state index >= 15 is 0 Å². The highest BCUT2D eigenvalue weighted by Crippen LogP contribution is 2.33. The van der Waals surface area contributed by atoms with Crippen LogP contribution in [0.15, 0.2) is 48.5 Å². The Bertz CT molecular complexity index is 640. The molecular formula is C18H19NO3. The molecule has 0 saturated heterocycles. The highest BCUT2D eigenvalue weighted by molar-refractivity contribution is 5.97. The Hall–Kier alpha value is -2.49. The molecule has 0 unspecified atom stereocenters.